The Morgan fingerprint density at radius 2 is 1.80 bits per heavy atom. The Morgan fingerprint density at radius 1 is 1.10 bits per heavy atom. The van der Waals surface area contributed by atoms with Gasteiger partial charge in [0.1, 0.15) is 11.6 Å². The van der Waals surface area contributed by atoms with E-state index >= 15 is 0 Å². The van der Waals surface area contributed by atoms with Crippen molar-refractivity contribution in [3.05, 3.63) is 41.2 Å². The molecule has 20 heavy (non-hydrogen) atoms. The van der Waals surface area contributed by atoms with Crippen LogP contribution in [-0.2, 0) is 6.18 Å². The second-order valence-electron chi connectivity index (χ2n) is 4.42. The molecule has 0 aliphatic carbocycles. The number of aryl methyl sites for hydroxylation is 1. The lowest BCUT2D eigenvalue weighted by Gasteiger charge is -2.13. The van der Waals surface area contributed by atoms with Crippen LogP contribution in [0, 0.1) is 13.8 Å². The summed E-state index contributed by atoms with van der Waals surface area (Å²) in [4.78, 5) is 8.46. The van der Waals surface area contributed by atoms with Gasteiger partial charge in [0.15, 0.2) is 0 Å². The van der Waals surface area contributed by atoms with E-state index in [1.807, 2.05) is 0 Å². The third-order valence-electron chi connectivity index (χ3n) is 2.96. The van der Waals surface area contributed by atoms with Crippen LogP contribution in [0.1, 0.15) is 17.0 Å². The molecule has 0 saturated heterocycles. The smallest absolute Gasteiger partial charge is 0.373 e. The van der Waals surface area contributed by atoms with Crippen molar-refractivity contribution in [2.24, 2.45) is 0 Å². The maximum atomic E-state index is 12.8. The molecule has 106 valence electrons. The zero-order valence-electron chi connectivity index (χ0n) is 11.3. The summed E-state index contributed by atoms with van der Waals surface area (Å²) in [6, 6.07) is 5.15. The highest BCUT2D eigenvalue weighted by Crippen LogP contribution is 2.33. The fourth-order valence-electron chi connectivity index (χ4n) is 2.00. The van der Waals surface area contributed by atoms with Gasteiger partial charge in [-0.25, -0.2) is 9.97 Å². The van der Waals surface area contributed by atoms with Gasteiger partial charge in [0.25, 0.3) is 0 Å². The van der Waals surface area contributed by atoms with Gasteiger partial charge in [0.05, 0.1) is 11.3 Å². The van der Waals surface area contributed by atoms with Crippen LogP contribution in [0.2, 0.25) is 0 Å². The normalized spacial score (nSPS) is 11.5. The first-order valence-corrected chi connectivity index (χ1v) is 6.03. The average Bonchev–Trinajstić information content (AvgIpc) is 2.40. The van der Waals surface area contributed by atoms with Crippen LogP contribution in [0.3, 0.4) is 0 Å². The number of halogens is 3. The molecule has 0 atom stereocenters. The summed E-state index contributed by atoms with van der Waals surface area (Å²) >= 11 is 0. The van der Waals surface area contributed by atoms with E-state index in [0.29, 0.717) is 22.9 Å². The first-order chi connectivity index (χ1) is 9.32. The van der Waals surface area contributed by atoms with E-state index in [1.54, 1.807) is 27.0 Å². The number of benzene rings is 1. The number of alkyl halides is 3. The molecule has 6 heteroatoms. The van der Waals surface area contributed by atoms with Crippen LogP contribution < -0.4 is 5.32 Å². The van der Waals surface area contributed by atoms with E-state index in [-0.39, 0.29) is 0 Å². The minimum Gasteiger partial charge on any atom is -0.373 e. The van der Waals surface area contributed by atoms with Crippen LogP contribution in [0.25, 0.3) is 11.3 Å². The monoisotopic (exact) mass is 281 g/mol. The van der Waals surface area contributed by atoms with Gasteiger partial charge in [0, 0.05) is 18.2 Å². The van der Waals surface area contributed by atoms with Crippen LogP contribution in [0.4, 0.5) is 19.0 Å². The summed E-state index contributed by atoms with van der Waals surface area (Å²) in [6.45, 7) is 3.48. The largest absolute Gasteiger partial charge is 0.416 e. The van der Waals surface area contributed by atoms with E-state index < -0.39 is 11.7 Å². The molecule has 0 fully saturated rings. The van der Waals surface area contributed by atoms with Gasteiger partial charge in [-0.1, -0.05) is 12.1 Å². The lowest BCUT2D eigenvalue weighted by molar-refractivity contribution is -0.137. The van der Waals surface area contributed by atoms with Crippen molar-refractivity contribution in [3.63, 3.8) is 0 Å². The first kappa shape index (κ1) is 14.3. The zero-order chi connectivity index (χ0) is 14.9. The van der Waals surface area contributed by atoms with Gasteiger partial charge in [-0.05, 0) is 26.0 Å². The summed E-state index contributed by atoms with van der Waals surface area (Å²) in [7, 11) is 1.71. The predicted molar refractivity (Wildman–Crippen MR) is 71.5 cm³/mol. The number of hydrogen-bond acceptors (Lipinski definition) is 3. The summed E-state index contributed by atoms with van der Waals surface area (Å²) in [5.41, 5.74) is 0.973. The number of anilines is 1. The Bertz CT molecular complexity index is 636. The Hall–Kier alpha value is -2.11. The van der Waals surface area contributed by atoms with Crippen molar-refractivity contribution in [1.29, 1.82) is 0 Å². The van der Waals surface area contributed by atoms with Crippen LogP contribution in [0.5, 0.6) is 0 Å². The molecule has 3 nitrogen and oxygen atoms in total. The second kappa shape index (κ2) is 5.11. The summed E-state index contributed by atoms with van der Waals surface area (Å²) in [5, 5.41) is 2.92. The number of nitrogens with zero attached hydrogens (tertiary/aromatic N) is 2. The van der Waals surface area contributed by atoms with Crippen molar-refractivity contribution >= 4 is 5.82 Å². The van der Waals surface area contributed by atoms with Gasteiger partial charge in [0.2, 0.25) is 0 Å². The summed E-state index contributed by atoms with van der Waals surface area (Å²) < 4.78 is 38.3. The Kier molecular flexibility index (Phi) is 3.65. The lowest BCUT2D eigenvalue weighted by atomic mass is 10.0. The predicted octanol–water partition coefficient (Wildman–Crippen LogP) is 3.82. The Morgan fingerprint density at radius 3 is 2.40 bits per heavy atom. The third-order valence-corrected chi connectivity index (χ3v) is 2.96. The van der Waals surface area contributed by atoms with E-state index in [9.17, 15) is 13.2 Å². The van der Waals surface area contributed by atoms with E-state index in [4.69, 9.17) is 0 Å². The standard InChI is InChI=1S/C14H14F3N3/c1-8-12(19-9(2)20-13(8)18-3)10-5-4-6-11(7-10)14(15,16)17/h4-7H,1-3H3,(H,18,19,20). The average molecular weight is 281 g/mol. The van der Waals surface area contributed by atoms with Crippen molar-refractivity contribution in [3.8, 4) is 11.3 Å². The van der Waals surface area contributed by atoms with Crippen LogP contribution >= 0.6 is 0 Å². The number of aromatic nitrogens is 2. The molecule has 0 bridgehead atoms. The minimum atomic E-state index is -4.36. The molecular weight excluding hydrogens is 267 g/mol. The highest BCUT2D eigenvalue weighted by atomic mass is 19.4. The van der Waals surface area contributed by atoms with Gasteiger partial charge in [-0.2, -0.15) is 13.2 Å². The quantitative estimate of drug-likeness (QED) is 0.909. The van der Waals surface area contributed by atoms with E-state index in [2.05, 4.69) is 15.3 Å². The molecular formula is C14H14F3N3. The van der Waals surface area contributed by atoms with Crippen LogP contribution in [-0.4, -0.2) is 17.0 Å². The lowest BCUT2D eigenvalue weighted by Crippen LogP contribution is -2.06. The van der Waals surface area contributed by atoms with Crippen molar-refractivity contribution in [2.75, 3.05) is 12.4 Å². The number of nitrogens with one attached hydrogen (secondary N) is 1. The van der Waals surface area contributed by atoms with Crippen LogP contribution in [0.15, 0.2) is 24.3 Å². The second-order valence-corrected chi connectivity index (χ2v) is 4.42. The Balaban J connectivity index is 2.60. The van der Waals surface area contributed by atoms with Crippen molar-refractivity contribution in [1.82, 2.24) is 9.97 Å². The van der Waals surface area contributed by atoms with Gasteiger partial charge in [-0.15, -0.1) is 0 Å². The molecule has 2 rings (SSSR count). The summed E-state index contributed by atoms with van der Waals surface area (Å²) in [5.74, 6) is 1.12. The molecule has 1 heterocycles. The molecule has 0 unspecified atom stereocenters. The third kappa shape index (κ3) is 2.74. The highest BCUT2D eigenvalue weighted by Gasteiger charge is 2.30. The van der Waals surface area contributed by atoms with E-state index in [1.165, 1.54) is 6.07 Å². The van der Waals surface area contributed by atoms with E-state index in [0.717, 1.165) is 17.7 Å². The minimum absolute atomic E-state index is 0.430. The molecule has 0 aliphatic heterocycles. The van der Waals surface area contributed by atoms with Gasteiger partial charge >= 0.3 is 6.18 Å². The molecule has 1 aromatic carbocycles. The van der Waals surface area contributed by atoms with Crippen molar-refractivity contribution in [2.45, 2.75) is 20.0 Å². The van der Waals surface area contributed by atoms with Gasteiger partial charge < -0.3 is 5.32 Å². The molecule has 0 spiro atoms. The Labute approximate surface area is 114 Å². The number of hydrogen-bond donors (Lipinski definition) is 1. The van der Waals surface area contributed by atoms with Crippen molar-refractivity contribution < 1.29 is 13.2 Å². The molecule has 0 amide bonds. The summed E-state index contributed by atoms with van der Waals surface area (Å²) in [6.07, 6.45) is -4.36. The highest BCUT2D eigenvalue weighted by molar-refractivity contribution is 5.68. The molecule has 1 aromatic heterocycles. The molecule has 0 aliphatic rings. The van der Waals surface area contributed by atoms with Gasteiger partial charge in [-0.3, -0.25) is 0 Å². The number of rotatable bonds is 2. The molecule has 1 N–H and O–H groups in total. The first-order valence-electron chi connectivity index (χ1n) is 6.03. The maximum Gasteiger partial charge on any atom is 0.416 e. The topological polar surface area (TPSA) is 37.8 Å². The molecule has 2 aromatic rings. The fourth-order valence-corrected chi connectivity index (χ4v) is 2.00. The molecule has 0 saturated carbocycles. The maximum absolute atomic E-state index is 12.8. The fraction of sp³-hybridized carbons (Fsp3) is 0.286. The SMILES string of the molecule is CNc1nc(C)nc(-c2cccc(C(F)(F)F)c2)c1C. The zero-order valence-corrected chi connectivity index (χ0v) is 11.3. The molecule has 0 radical (unpaired) electrons.